The largest absolute Gasteiger partial charge is 0.478 e. The van der Waals surface area contributed by atoms with Crippen molar-refractivity contribution in [3.05, 3.63) is 35.0 Å². The van der Waals surface area contributed by atoms with Crippen LogP contribution in [0.4, 0.5) is 9.80 Å². The predicted molar refractivity (Wildman–Crippen MR) is 63.6 cm³/mol. The third-order valence-electron chi connectivity index (χ3n) is 2.04. The lowest BCUT2D eigenvalue weighted by Gasteiger charge is -2.05. The topological polar surface area (TPSA) is 104 Å². The van der Waals surface area contributed by atoms with Gasteiger partial charge in [-0.25, -0.2) is 9.59 Å². The molecule has 2 rings (SSSR count). The number of carboxylic acids is 1. The first-order chi connectivity index (χ1) is 8.66. The highest BCUT2D eigenvalue weighted by atomic mass is 32.1. The lowest BCUT2D eigenvalue weighted by atomic mass is 10.3. The highest BCUT2D eigenvalue weighted by Gasteiger charge is 2.13. The van der Waals surface area contributed by atoms with Crippen molar-refractivity contribution in [1.82, 2.24) is 10.5 Å². The van der Waals surface area contributed by atoms with Crippen LogP contribution in [0.25, 0.3) is 0 Å². The molecule has 2 aromatic heterocycles. The maximum atomic E-state index is 11.5. The second-order valence-corrected chi connectivity index (χ2v) is 4.18. The van der Waals surface area contributed by atoms with Crippen molar-refractivity contribution in [2.75, 3.05) is 5.32 Å². The fraction of sp³-hybridized carbons (Fsp3) is 0.100. The molecule has 0 aliphatic heterocycles. The Hall–Kier alpha value is -2.35. The van der Waals surface area contributed by atoms with E-state index in [0.717, 1.165) is 11.3 Å². The number of carbonyl (C=O) groups is 2. The van der Waals surface area contributed by atoms with Gasteiger partial charge in [0.1, 0.15) is 17.0 Å². The van der Waals surface area contributed by atoms with Crippen molar-refractivity contribution < 1.29 is 19.2 Å². The van der Waals surface area contributed by atoms with Gasteiger partial charge in [-0.15, -0.1) is 11.3 Å². The summed E-state index contributed by atoms with van der Waals surface area (Å²) in [7, 11) is 0. The molecular weight excluding hydrogens is 258 g/mol. The van der Waals surface area contributed by atoms with Gasteiger partial charge in [-0.05, 0) is 11.4 Å². The zero-order chi connectivity index (χ0) is 13.0. The minimum absolute atomic E-state index is 0.0663. The zero-order valence-electron chi connectivity index (χ0n) is 9.04. The minimum atomic E-state index is -1.08. The first-order valence-corrected chi connectivity index (χ1v) is 5.79. The number of hydrogen-bond acceptors (Lipinski definition) is 5. The van der Waals surface area contributed by atoms with Gasteiger partial charge in [0.05, 0.1) is 12.1 Å². The van der Waals surface area contributed by atoms with Gasteiger partial charge in [-0.3, -0.25) is 5.32 Å². The summed E-state index contributed by atoms with van der Waals surface area (Å²) < 4.78 is 4.61. The predicted octanol–water partition coefficient (Wildman–Crippen LogP) is 1.76. The number of carboxylic acid groups (broad SMARTS) is 1. The van der Waals surface area contributed by atoms with E-state index >= 15 is 0 Å². The van der Waals surface area contributed by atoms with E-state index in [-0.39, 0.29) is 12.1 Å². The molecule has 7 nitrogen and oxygen atoms in total. The van der Waals surface area contributed by atoms with Gasteiger partial charge in [0.25, 0.3) is 0 Å². The van der Waals surface area contributed by atoms with Crippen LogP contribution < -0.4 is 10.6 Å². The van der Waals surface area contributed by atoms with E-state index in [1.807, 2.05) is 0 Å². The van der Waals surface area contributed by atoms with Gasteiger partial charge in [-0.2, -0.15) is 0 Å². The lowest BCUT2D eigenvalue weighted by molar-refractivity contribution is 0.0698. The van der Waals surface area contributed by atoms with Crippen molar-refractivity contribution in [1.29, 1.82) is 0 Å². The molecule has 0 aromatic carbocycles. The first-order valence-electron chi connectivity index (χ1n) is 4.91. The van der Waals surface area contributed by atoms with Crippen LogP contribution in [0.15, 0.2) is 28.3 Å². The number of aromatic nitrogens is 1. The van der Waals surface area contributed by atoms with Crippen LogP contribution in [0.2, 0.25) is 0 Å². The Balaban J connectivity index is 1.91. The molecule has 0 spiro atoms. The smallest absolute Gasteiger partial charge is 0.338 e. The van der Waals surface area contributed by atoms with E-state index in [0.29, 0.717) is 10.7 Å². The molecule has 0 aliphatic rings. The van der Waals surface area contributed by atoms with Crippen LogP contribution in [0.3, 0.4) is 0 Å². The number of nitrogens with zero attached hydrogens (tertiary/aromatic N) is 1. The molecule has 0 atom stereocenters. The highest BCUT2D eigenvalue weighted by molar-refractivity contribution is 7.14. The molecule has 8 heteroatoms. The molecule has 0 radical (unpaired) electrons. The third kappa shape index (κ3) is 2.86. The molecular formula is C10H9N3O4S. The zero-order valence-corrected chi connectivity index (χ0v) is 9.86. The number of urea groups is 1. The van der Waals surface area contributed by atoms with Crippen molar-refractivity contribution in [2.45, 2.75) is 6.54 Å². The van der Waals surface area contributed by atoms with Crippen LogP contribution in [0, 0.1) is 0 Å². The summed E-state index contributed by atoms with van der Waals surface area (Å²) in [6.07, 6.45) is 1.40. The molecule has 2 amide bonds. The Morgan fingerprint density at radius 2 is 2.28 bits per heavy atom. The Labute approximate surface area is 105 Å². The number of rotatable bonds is 4. The summed E-state index contributed by atoms with van der Waals surface area (Å²) in [4.78, 5) is 22.3. The number of hydrogen-bond donors (Lipinski definition) is 3. The second-order valence-electron chi connectivity index (χ2n) is 3.27. The summed E-state index contributed by atoms with van der Waals surface area (Å²) in [6.45, 7) is 0.204. The molecule has 94 valence electrons. The highest BCUT2D eigenvalue weighted by Crippen LogP contribution is 2.22. The average Bonchev–Trinajstić information content (AvgIpc) is 2.96. The number of amides is 2. The molecule has 18 heavy (non-hydrogen) atoms. The quantitative estimate of drug-likeness (QED) is 0.782. The maximum Gasteiger partial charge on any atom is 0.338 e. The summed E-state index contributed by atoms with van der Waals surface area (Å²) in [5, 5.41) is 19.4. The molecule has 0 unspecified atom stereocenters. The Kier molecular flexibility index (Phi) is 3.58. The fourth-order valence-electron chi connectivity index (χ4n) is 1.22. The molecule has 2 heterocycles. The fourth-order valence-corrected chi connectivity index (χ4v) is 2.00. The molecule has 0 saturated carbocycles. The van der Waals surface area contributed by atoms with Crippen molar-refractivity contribution in [3.8, 4) is 0 Å². The van der Waals surface area contributed by atoms with Crippen LogP contribution >= 0.6 is 11.3 Å². The Morgan fingerprint density at radius 1 is 1.44 bits per heavy atom. The second kappa shape index (κ2) is 5.32. The Morgan fingerprint density at radius 3 is 2.94 bits per heavy atom. The number of carbonyl (C=O) groups excluding carboxylic acids is 1. The van der Waals surface area contributed by atoms with Gasteiger partial charge >= 0.3 is 12.0 Å². The van der Waals surface area contributed by atoms with Crippen molar-refractivity contribution >= 4 is 28.3 Å². The van der Waals surface area contributed by atoms with E-state index in [1.54, 1.807) is 11.4 Å². The normalized spacial score (nSPS) is 10.0. The summed E-state index contributed by atoms with van der Waals surface area (Å²) >= 11 is 1.14. The van der Waals surface area contributed by atoms with Crippen LogP contribution in [-0.2, 0) is 6.54 Å². The van der Waals surface area contributed by atoms with E-state index in [4.69, 9.17) is 5.11 Å². The van der Waals surface area contributed by atoms with Crippen LogP contribution in [0.1, 0.15) is 16.1 Å². The van der Waals surface area contributed by atoms with Gasteiger partial charge < -0.3 is 14.9 Å². The van der Waals surface area contributed by atoms with E-state index < -0.39 is 12.0 Å². The molecule has 0 saturated heterocycles. The lowest BCUT2D eigenvalue weighted by Crippen LogP contribution is -2.28. The number of thiophene rings is 1. The summed E-state index contributed by atoms with van der Waals surface area (Å²) in [5.74, 6) is -1.08. The van der Waals surface area contributed by atoms with Gasteiger partial charge in [0.15, 0.2) is 0 Å². The van der Waals surface area contributed by atoms with Gasteiger partial charge in [0.2, 0.25) is 0 Å². The number of anilines is 1. The monoisotopic (exact) mass is 267 g/mol. The third-order valence-corrected chi connectivity index (χ3v) is 2.87. The number of aromatic carboxylic acids is 1. The van der Waals surface area contributed by atoms with Crippen LogP contribution in [-0.4, -0.2) is 22.3 Å². The van der Waals surface area contributed by atoms with Crippen molar-refractivity contribution in [2.24, 2.45) is 0 Å². The van der Waals surface area contributed by atoms with Gasteiger partial charge in [-0.1, -0.05) is 5.16 Å². The first kappa shape index (κ1) is 12.1. The minimum Gasteiger partial charge on any atom is -0.478 e. The molecule has 2 aromatic rings. The van der Waals surface area contributed by atoms with E-state index in [1.165, 1.54) is 12.3 Å². The van der Waals surface area contributed by atoms with Gasteiger partial charge in [0, 0.05) is 6.07 Å². The summed E-state index contributed by atoms with van der Waals surface area (Å²) in [5.41, 5.74) is 0.645. The molecule has 3 N–H and O–H groups in total. The Bertz CT molecular complexity index is 549. The maximum absolute atomic E-state index is 11.5. The van der Waals surface area contributed by atoms with Crippen molar-refractivity contribution in [3.63, 3.8) is 0 Å². The SMILES string of the molecule is O=C(NCc1ccon1)Nc1sccc1C(=O)O. The van der Waals surface area contributed by atoms with E-state index in [2.05, 4.69) is 20.3 Å². The molecule has 0 aliphatic carbocycles. The standard InChI is InChI=1S/C10H9N3O4S/c14-9(15)7-2-4-18-8(7)12-10(16)11-5-6-1-3-17-13-6/h1-4H,5H2,(H,14,15)(H2,11,12,16). The summed E-state index contributed by atoms with van der Waals surface area (Å²) in [6, 6.07) is 2.55. The number of nitrogens with one attached hydrogen (secondary N) is 2. The molecule has 0 fully saturated rings. The molecule has 0 bridgehead atoms. The average molecular weight is 267 g/mol. The van der Waals surface area contributed by atoms with Crippen LogP contribution in [0.5, 0.6) is 0 Å². The van der Waals surface area contributed by atoms with E-state index in [9.17, 15) is 9.59 Å².